The summed E-state index contributed by atoms with van der Waals surface area (Å²) in [5.41, 5.74) is 0. The van der Waals surface area contributed by atoms with Crippen molar-refractivity contribution in [2.75, 3.05) is 0 Å². The summed E-state index contributed by atoms with van der Waals surface area (Å²) in [7, 11) is 0. The zero-order valence-electron chi connectivity index (χ0n) is 7.24. The molecule has 0 aliphatic heterocycles. The van der Waals surface area contributed by atoms with Gasteiger partial charge in [0.1, 0.15) is 0 Å². The minimum atomic E-state index is 0. The Labute approximate surface area is 94.3 Å². The SMILES string of the molecule is C[CH-]C.C[CH-]C.[Cl-].[Li+].[Mg+2]. The van der Waals surface area contributed by atoms with E-state index in [4.69, 9.17) is 0 Å². The van der Waals surface area contributed by atoms with E-state index >= 15 is 0 Å². The minimum absolute atomic E-state index is 0. The molecule has 0 N–H and O–H groups in total. The van der Waals surface area contributed by atoms with Crippen LogP contribution in [-0.2, 0) is 0 Å². The van der Waals surface area contributed by atoms with Crippen molar-refractivity contribution in [1.29, 1.82) is 0 Å². The molecule has 0 unspecified atom stereocenters. The van der Waals surface area contributed by atoms with Crippen LogP contribution in [0.1, 0.15) is 27.7 Å². The van der Waals surface area contributed by atoms with Gasteiger partial charge in [0.25, 0.3) is 0 Å². The van der Waals surface area contributed by atoms with Crippen molar-refractivity contribution in [3.05, 3.63) is 12.8 Å². The van der Waals surface area contributed by atoms with E-state index in [9.17, 15) is 0 Å². The van der Waals surface area contributed by atoms with E-state index < -0.39 is 0 Å². The third kappa shape index (κ3) is 207. The van der Waals surface area contributed by atoms with Crippen LogP contribution < -0.4 is 31.3 Å². The third-order valence-electron chi connectivity index (χ3n) is 0. The Balaban J connectivity index is -0.00000000889. The zero-order valence-corrected chi connectivity index (χ0v) is 9.41. The molecule has 0 aliphatic carbocycles. The standard InChI is InChI=1S/2C3H7.ClH.Li.Mg/c2*1-3-2;;;/h2*3H,1-2H3;1H;;/q2*-1;;+1;+2/p-1. The van der Waals surface area contributed by atoms with E-state index in [1.165, 1.54) is 0 Å². The Morgan fingerprint density at radius 1 is 0.778 bits per heavy atom. The van der Waals surface area contributed by atoms with Crippen LogP contribution in [0.2, 0.25) is 0 Å². The number of rotatable bonds is 0. The maximum Gasteiger partial charge on any atom is 2.00 e. The summed E-state index contributed by atoms with van der Waals surface area (Å²) in [6.45, 7) is 8.00. The molecule has 0 heterocycles. The van der Waals surface area contributed by atoms with E-state index in [2.05, 4.69) is 0 Å². The molecule has 0 amide bonds. The van der Waals surface area contributed by atoms with Crippen LogP contribution in [0.4, 0.5) is 0 Å². The topological polar surface area (TPSA) is 0 Å². The summed E-state index contributed by atoms with van der Waals surface area (Å²) in [6.07, 6.45) is 4.00. The van der Waals surface area contributed by atoms with E-state index in [1.54, 1.807) is 0 Å². The summed E-state index contributed by atoms with van der Waals surface area (Å²) in [5, 5.41) is 0. The summed E-state index contributed by atoms with van der Waals surface area (Å²) < 4.78 is 0. The molecule has 0 aromatic rings. The first-order valence-corrected chi connectivity index (χ1v) is 2.31. The molecule has 0 aromatic carbocycles. The van der Waals surface area contributed by atoms with Crippen molar-refractivity contribution < 1.29 is 31.3 Å². The summed E-state index contributed by atoms with van der Waals surface area (Å²) in [6, 6.07) is 0. The summed E-state index contributed by atoms with van der Waals surface area (Å²) >= 11 is 0. The van der Waals surface area contributed by atoms with Crippen LogP contribution in [0, 0.1) is 12.8 Å². The maximum absolute atomic E-state index is 2.00. The van der Waals surface area contributed by atoms with Crippen molar-refractivity contribution in [3.8, 4) is 0 Å². The molecule has 0 saturated carbocycles. The molecule has 0 fully saturated rings. The monoisotopic (exact) mass is 152 g/mol. The Bertz CT molecular complexity index is 15.0. The minimum Gasteiger partial charge on any atom is -1.00 e. The molecular formula is C6H14ClLiMg. The normalized spacial score (nSPS) is 4.00. The summed E-state index contributed by atoms with van der Waals surface area (Å²) in [4.78, 5) is 0. The molecule has 0 rings (SSSR count). The largest absolute Gasteiger partial charge is 2.00 e. The van der Waals surface area contributed by atoms with Gasteiger partial charge in [0.05, 0.1) is 0 Å². The fourth-order valence-electron chi connectivity index (χ4n) is 0. The molecule has 0 spiro atoms. The van der Waals surface area contributed by atoms with Gasteiger partial charge in [-0.05, 0) is 0 Å². The Morgan fingerprint density at radius 3 is 0.778 bits per heavy atom. The van der Waals surface area contributed by atoms with E-state index in [0.29, 0.717) is 0 Å². The van der Waals surface area contributed by atoms with Crippen molar-refractivity contribution in [3.63, 3.8) is 0 Å². The maximum atomic E-state index is 2.00. The molecule has 0 aliphatic rings. The molecule has 0 radical (unpaired) electrons. The molecular weight excluding hydrogens is 139 g/mol. The molecule has 0 aromatic heterocycles. The van der Waals surface area contributed by atoms with Gasteiger partial charge in [0, 0.05) is 0 Å². The van der Waals surface area contributed by atoms with Crippen molar-refractivity contribution in [2.45, 2.75) is 27.7 Å². The van der Waals surface area contributed by atoms with Crippen LogP contribution in [0.15, 0.2) is 0 Å². The predicted octanol–water partition coefficient (Wildman–Crippen LogP) is -3.91. The first-order valence-electron chi connectivity index (χ1n) is 2.31. The molecule has 0 nitrogen and oxygen atoms in total. The second-order valence-corrected chi connectivity index (χ2v) is 1.15. The van der Waals surface area contributed by atoms with Gasteiger partial charge in [-0.3, -0.25) is 0 Å². The molecule has 0 atom stereocenters. The van der Waals surface area contributed by atoms with Gasteiger partial charge in [-0.2, -0.15) is 27.7 Å². The summed E-state index contributed by atoms with van der Waals surface area (Å²) in [5.74, 6) is 0. The zero-order chi connectivity index (χ0) is 5.41. The van der Waals surface area contributed by atoms with Crippen molar-refractivity contribution >= 4 is 23.1 Å². The fraction of sp³-hybridized carbons (Fsp3) is 0.667. The van der Waals surface area contributed by atoms with Crippen molar-refractivity contribution in [2.24, 2.45) is 0 Å². The number of halogens is 1. The fourth-order valence-corrected chi connectivity index (χ4v) is 0. The quantitative estimate of drug-likeness (QED) is 0.246. The second kappa shape index (κ2) is 54.2. The smallest absolute Gasteiger partial charge is 1.00 e. The van der Waals surface area contributed by atoms with Gasteiger partial charge in [0.15, 0.2) is 0 Å². The van der Waals surface area contributed by atoms with E-state index in [-0.39, 0.29) is 54.3 Å². The first kappa shape index (κ1) is 31.1. The number of hydrogen-bond acceptors (Lipinski definition) is 0. The van der Waals surface area contributed by atoms with Crippen LogP contribution in [0.5, 0.6) is 0 Å². The predicted molar refractivity (Wildman–Crippen MR) is 37.0 cm³/mol. The van der Waals surface area contributed by atoms with Crippen LogP contribution >= 0.6 is 0 Å². The van der Waals surface area contributed by atoms with E-state index in [0.717, 1.165) is 0 Å². The molecule has 48 valence electrons. The molecule has 0 bridgehead atoms. The van der Waals surface area contributed by atoms with Gasteiger partial charge in [-0.25, -0.2) is 0 Å². The molecule has 3 heteroatoms. The van der Waals surface area contributed by atoms with E-state index in [1.807, 2.05) is 40.5 Å². The number of hydrogen-bond donors (Lipinski definition) is 0. The van der Waals surface area contributed by atoms with Gasteiger partial charge in [0.2, 0.25) is 0 Å². The van der Waals surface area contributed by atoms with Gasteiger partial charge >= 0.3 is 41.9 Å². The van der Waals surface area contributed by atoms with Crippen molar-refractivity contribution in [1.82, 2.24) is 0 Å². The Kier molecular flexibility index (Phi) is 187. The molecule has 9 heavy (non-hydrogen) atoms. The second-order valence-electron chi connectivity index (χ2n) is 1.15. The van der Waals surface area contributed by atoms with Crippen LogP contribution in [0.25, 0.3) is 0 Å². The average Bonchev–Trinajstić information content (AvgIpc) is 1.39. The first-order chi connectivity index (χ1) is 2.83. The van der Waals surface area contributed by atoms with Gasteiger partial charge < -0.3 is 25.2 Å². The van der Waals surface area contributed by atoms with Gasteiger partial charge in [-0.1, -0.05) is 0 Å². The Morgan fingerprint density at radius 2 is 0.778 bits per heavy atom. The van der Waals surface area contributed by atoms with Gasteiger partial charge in [-0.15, -0.1) is 0 Å². The molecule has 0 saturated heterocycles. The van der Waals surface area contributed by atoms with Crippen LogP contribution in [0.3, 0.4) is 0 Å². The Hall–Kier alpha value is 1.65. The van der Waals surface area contributed by atoms with Crippen LogP contribution in [-0.4, -0.2) is 23.1 Å². The average molecular weight is 153 g/mol. The third-order valence-corrected chi connectivity index (χ3v) is 0.